The quantitative estimate of drug-likeness (QED) is 0.781. The topological polar surface area (TPSA) is 55.1 Å². The Bertz CT molecular complexity index is 306. The number of primary amides is 1. The van der Waals surface area contributed by atoms with Crippen molar-refractivity contribution in [3.63, 3.8) is 0 Å². The summed E-state index contributed by atoms with van der Waals surface area (Å²) in [6.45, 7) is 2.31. The lowest BCUT2D eigenvalue weighted by atomic mass is 10.1. The largest absolute Gasteiger partial charge is 0.352 e. The summed E-state index contributed by atoms with van der Waals surface area (Å²) >= 11 is 5.92. The maximum absolute atomic E-state index is 10.5. The molecule has 0 aliphatic carbocycles. The smallest absolute Gasteiger partial charge is 0.312 e. The maximum Gasteiger partial charge on any atom is 0.312 e. The van der Waals surface area contributed by atoms with Gasteiger partial charge in [-0.05, 0) is 24.1 Å². The van der Waals surface area contributed by atoms with E-state index in [1.165, 1.54) is 0 Å². The van der Waals surface area contributed by atoms with Crippen LogP contribution in [0.3, 0.4) is 0 Å². The zero-order valence-electron chi connectivity index (χ0n) is 7.30. The molecule has 78 valence electrons. The van der Waals surface area contributed by atoms with Gasteiger partial charge in [0.25, 0.3) is 0 Å². The summed E-state index contributed by atoms with van der Waals surface area (Å²) < 4.78 is 0. The van der Waals surface area contributed by atoms with E-state index in [2.05, 4.69) is 5.32 Å². The number of nitrogens with two attached hydrogens (primary N) is 1. The average molecular weight is 215 g/mol. The van der Waals surface area contributed by atoms with Crippen molar-refractivity contribution < 1.29 is 4.79 Å². The minimum Gasteiger partial charge on any atom is -0.352 e. The first-order chi connectivity index (χ1) is 6.11. The highest BCUT2D eigenvalue weighted by Gasteiger charge is 2.03. The van der Waals surface area contributed by atoms with Crippen molar-refractivity contribution in [2.75, 3.05) is 0 Å². The summed E-state index contributed by atoms with van der Waals surface area (Å²) in [6, 6.07) is 5.04. The molecule has 0 fully saturated rings. The summed E-state index contributed by atoms with van der Waals surface area (Å²) in [4.78, 5) is 10.5. The van der Waals surface area contributed by atoms with E-state index in [1.54, 1.807) is 6.07 Å². The van der Waals surface area contributed by atoms with Gasteiger partial charge in [-0.3, -0.25) is 0 Å². The van der Waals surface area contributed by atoms with Crippen LogP contribution in [-0.2, 0) is 6.54 Å². The molecular formula is C10H15ClN2O. The molecular weight excluding hydrogens is 200 g/mol. The number of hydrogen-bond acceptors (Lipinski definition) is 1. The first-order valence-electron chi connectivity index (χ1n) is 3.88. The van der Waals surface area contributed by atoms with Gasteiger partial charge in [-0.2, -0.15) is 0 Å². The third-order valence-electron chi connectivity index (χ3n) is 1.79. The number of carbonyl (C=O) groups excluding carboxylic acids is 1. The van der Waals surface area contributed by atoms with Crippen LogP contribution in [0.1, 0.15) is 18.6 Å². The van der Waals surface area contributed by atoms with Crippen molar-refractivity contribution in [3.8, 4) is 0 Å². The number of aryl methyl sites for hydroxylation is 1. The molecule has 0 heterocycles. The molecule has 0 radical (unpaired) electrons. The van der Waals surface area contributed by atoms with E-state index >= 15 is 0 Å². The highest BCUT2D eigenvalue weighted by atomic mass is 35.5. The third kappa shape index (κ3) is 3.26. The molecule has 14 heavy (non-hydrogen) atoms. The van der Waals surface area contributed by atoms with E-state index in [4.69, 9.17) is 17.3 Å². The van der Waals surface area contributed by atoms with Crippen LogP contribution in [0.2, 0.25) is 5.02 Å². The van der Waals surface area contributed by atoms with Crippen LogP contribution < -0.4 is 11.1 Å². The van der Waals surface area contributed by atoms with Crippen molar-refractivity contribution in [1.82, 2.24) is 5.32 Å². The molecule has 0 aliphatic heterocycles. The number of urea groups is 1. The van der Waals surface area contributed by atoms with Crippen LogP contribution in [0.4, 0.5) is 4.79 Å². The molecule has 2 amide bonds. The minimum atomic E-state index is -0.542. The van der Waals surface area contributed by atoms with Crippen LogP contribution in [-0.4, -0.2) is 6.03 Å². The molecule has 0 saturated heterocycles. The van der Waals surface area contributed by atoms with Crippen molar-refractivity contribution in [2.24, 2.45) is 5.73 Å². The molecule has 4 heteroatoms. The Morgan fingerprint density at radius 3 is 2.71 bits per heavy atom. The maximum atomic E-state index is 10.5. The normalized spacial score (nSPS) is 9.00. The molecule has 3 N–H and O–H groups in total. The summed E-state index contributed by atoms with van der Waals surface area (Å²) in [5.41, 5.74) is 6.90. The second-order valence-electron chi connectivity index (χ2n) is 2.75. The van der Waals surface area contributed by atoms with Gasteiger partial charge in [-0.15, -0.1) is 0 Å². The summed E-state index contributed by atoms with van der Waals surface area (Å²) in [6.07, 6.45) is 0. The lowest BCUT2D eigenvalue weighted by Crippen LogP contribution is -2.29. The van der Waals surface area contributed by atoms with E-state index in [-0.39, 0.29) is 7.43 Å². The van der Waals surface area contributed by atoms with Crippen molar-refractivity contribution in [3.05, 3.63) is 34.3 Å². The zero-order valence-corrected chi connectivity index (χ0v) is 8.06. The van der Waals surface area contributed by atoms with Crippen LogP contribution in [0.15, 0.2) is 18.2 Å². The monoisotopic (exact) mass is 214 g/mol. The van der Waals surface area contributed by atoms with Gasteiger partial charge in [-0.25, -0.2) is 4.79 Å². The number of carbonyl (C=O) groups is 1. The van der Waals surface area contributed by atoms with Gasteiger partial charge in [0.15, 0.2) is 0 Å². The highest BCUT2D eigenvalue weighted by Crippen LogP contribution is 2.18. The Morgan fingerprint density at radius 1 is 1.57 bits per heavy atom. The Balaban J connectivity index is 0.00000169. The summed E-state index contributed by atoms with van der Waals surface area (Å²) in [5, 5.41) is 3.14. The molecule has 0 spiro atoms. The number of halogens is 1. The van der Waals surface area contributed by atoms with E-state index in [0.29, 0.717) is 11.6 Å². The van der Waals surface area contributed by atoms with Gasteiger partial charge in [0, 0.05) is 11.6 Å². The fraction of sp³-hybridized carbons (Fsp3) is 0.300. The van der Waals surface area contributed by atoms with E-state index < -0.39 is 6.03 Å². The lowest BCUT2D eigenvalue weighted by molar-refractivity contribution is 0.248. The first-order valence-corrected chi connectivity index (χ1v) is 4.26. The van der Waals surface area contributed by atoms with Gasteiger partial charge < -0.3 is 11.1 Å². The van der Waals surface area contributed by atoms with E-state index in [9.17, 15) is 4.79 Å². The lowest BCUT2D eigenvalue weighted by Gasteiger charge is -2.07. The molecule has 1 rings (SSSR count). The molecule has 0 bridgehead atoms. The highest BCUT2D eigenvalue weighted by molar-refractivity contribution is 6.31. The zero-order chi connectivity index (χ0) is 9.84. The van der Waals surface area contributed by atoms with Gasteiger partial charge in [0.1, 0.15) is 0 Å². The Morgan fingerprint density at radius 2 is 2.21 bits per heavy atom. The van der Waals surface area contributed by atoms with Gasteiger partial charge in [-0.1, -0.05) is 31.2 Å². The van der Waals surface area contributed by atoms with E-state index in [0.717, 1.165) is 11.1 Å². The van der Waals surface area contributed by atoms with Gasteiger partial charge in [0.05, 0.1) is 0 Å². The Labute approximate surface area is 89.3 Å². The molecule has 1 aromatic carbocycles. The SMILES string of the molecule is C.Cc1cccc(Cl)c1CNC(N)=O. The summed E-state index contributed by atoms with van der Waals surface area (Å²) in [7, 11) is 0. The minimum absolute atomic E-state index is 0. The standard InChI is InChI=1S/C9H11ClN2O.CH4/c1-6-3-2-4-8(10)7(6)5-12-9(11)13;/h2-4H,5H2,1H3,(H3,11,12,13);1H4. The molecule has 0 aromatic heterocycles. The van der Waals surface area contributed by atoms with Gasteiger partial charge in [0.2, 0.25) is 0 Å². The average Bonchev–Trinajstić information content (AvgIpc) is 2.03. The number of amides is 2. The number of rotatable bonds is 2. The number of benzene rings is 1. The van der Waals surface area contributed by atoms with Crippen molar-refractivity contribution >= 4 is 17.6 Å². The molecule has 0 saturated carbocycles. The molecule has 3 nitrogen and oxygen atoms in total. The Kier molecular flexibility index (Phi) is 5.02. The summed E-state index contributed by atoms with van der Waals surface area (Å²) in [5.74, 6) is 0. The molecule has 1 aromatic rings. The fourth-order valence-corrected chi connectivity index (χ4v) is 1.35. The van der Waals surface area contributed by atoms with Crippen LogP contribution in [0.5, 0.6) is 0 Å². The van der Waals surface area contributed by atoms with Crippen LogP contribution >= 0.6 is 11.6 Å². The predicted octanol–water partition coefficient (Wildman–Crippen LogP) is 2.45. The van der Waals surface area contributed by atoms with Crippen molar-refractivity contribution in [2.45, 2.75) is 20.9 Å². The van der Waals surface area contributed by atoms with Crippen LogP contribution in [0, 0.1) is 6.92 Å². The van der Waals surface area contributed by atoms with Crippen LogP contribution in [0.25, 0.3) is 0 Å². The predicted molar refractivity (Wildman–Crippen MR) is 59.3 cm³/mol. The van der Waals surface area contributed by atoms with Crippen molar-refractivity contribution in [1.29, 1.82) is 0 Å². The molecule has 0 atom stereocenters. The van der Waals surface area contributed by atoms with Gasteiger partial charge >= 0.3 is 6.03 Å². The second-order valence-corrected chi connectivity index (χ2v) is 3.16. The third-order valence-corrected chi connectivity index (χ3v) is 2.15. The van der Waals surface area contributed by atoms with E-state index in [1.807, 2.05) is 19.1 Å². The molecule has 0 unspecified atom stereocenters. The fourth-order valence-electron chi connectivity index (χ4n) is 1.07. The first kappa shape index (κ1) is 12.8. The molecule has 0 aliphatic rings. The number of hydrogen-bond donors (Lipinski definition) is 2. The number of nitrogens with one attached hydrogen (secondary N) is 1. The Hall–Kier alpha value is -1.22. The second kappa shape index (κ2) is 5.50.